The Morgan fingerprint density at radius 1 is 1.07 bits per heavy atom. The smallest absolute Gasteiger partial charge is 0.253 e. The Morgan fingerprint density at radius 2 is 1.89 bits per heavy atom. The first kappa shape index (κ1) is 15.8. The van der Waals surface area contributed by atoms with Gasteiger partial charge in [0.2, 0.25) is 0 Å². The molecule has 3 heterocycles. The zero-order chi connectivity index (χ0) is 18.2. The lowest BCUT2D eigenvalue weighted by Gasteiger charge is -2.19. The molecule has 4 aromatic rings. The number of nitrogens with zero attached hydrogens (tertiary/aromatic N) is 4. The van der Waals surface area contributed by atoms with Crippen LogP contribution in [-0.2, 0) is 17.8 Å². The van der Waals surface area contributed by atoms with Crippen LogP contribution in [0, 0.1) is 0 Å². The number of benzene rings is 2. The first-order valence-corrected chi connectivity index (χ1v) is 9.14. The highest BCUT2D eigenvalue weighted by Crippen LogP contribution is 2.26. The Bertz CT molecular complexity index is 1090. The molecule has 0 aliphatic carbocycles. The van der Waals surface area contributed by atoms with Gasteiger partial charge in [-0.3, -0.25) is 9.48 Å². The maximum Gasteiger partial charge on any atom is 0.253 e. The number of imidazole rings is 1. The predicted molar refractivity (Wildman–Crippen MR) is 103 cm³/mol. The second-order valence-corrected chi connectivity index (χ2v) is 6.79. The van der Waals surface area contributed by atoms with E-state index in [2.05, 4.69) is 15.4 Å². The van der Waals surface area contributed by atoms with Gasteiger partial charge in [-0.25, -0.2) is 4.98 Å². The van der Waals surface area contributed by atoms with Crippen molar-refractivity contribution in [2.45, 2.75) is 25.4 Å². The number of rotatable bonds is 4. The molecule has 6 heteroatoms. The van der Waals surface area contributed by atoms with E-state index in [1.54, 1.807) is 6.33 Å². The number of carbonyl (C=O) groups is 1. The monoisotopic (exact) mass is 357 g/mol. The summed E-state index contributed by atoms with van der Waals surface area (Å²) in [7, 11) is 0. The van der Waals surface area contributed by atoms with Crippen LogP contribution in [0.25, 0.3) is 11.0 Å². The third-order valence-electron chi connectivity index (χ3n) is 5.04. The van der Waals surface area contributed by atoms with Gasteiger partial charge in [-0.15, -0.1) is 0 Å². The number of fused-ring (bicyclic) bond motifs is 2. The largest absolute Gasteiger partial charge is 0.314 e. The number of anilines is 1. The van der Waals surface area contributed by atoms with Crippen LogP contribution in [0.15, 0.2) is 67.0 Å². The molecule has 1 N–H and O–H groups in total. The van der Waals surface area contributed by atoms with Crippen LogP contribution >= 0.6 is 0 Å². The van der Waals surface area contributed by atoms with Crippen molar-refractivity contribution in [3.8, 4) is 0 Å². The van der Waals surface area contributed by atoms with Gasteiger partial charge >= 0.3 is 0 Å². The number of hydrogen-bond donors (Lipinski definition) is 1. The molecule has 1 unspecified atom stereocenters. The predicted octanol–water partition coefficient (Wildman–Crippen LogP) is 3.41. The first-order chi connectivity index (χ1) is 13.3. The fourth-order valence-corrected chi connectivity index (χ4v) is 3.77. The van der Waals surface area contributed by atoms with E-state index in [0.29, 0.717) is 5.82 Å². The van der Waals surface area contributed by atoms with E-state index in [0.717, 1.165) is 36.0 Å². The Hall–Kier alpha value is -3.41. The fourth-order valence-electron chi connectivity index (χ4n) is 3.77. The zero-order valence-corrected chi connectivity index (χ0v) is 14.7. The molecule has 0 radical (unpaired) electrons. The molecule has 1 atom stereocenters. The molecule has 0 saturated heterocycles. The van der Waals surface area contributed by atoms with Crippen LogP contribution in [-0.4, -0.2) is 25.2 Å². The third kappa shape index (κ3) is 2.79. The number of aryl methyl sites for hydroxylation is 2. The number of amides is 1. The molecule has 0 saturated carbocycles. The molecule has 134 valence electrons. The molecule has 27 heavy (non-hydrogen) atoms. The number of hydrogen-bond acceptors (Lipinski definition) is 3. The van der Waals surface area contributed by atoms with E-state index in [-0.39, 0.29) is 5.91 Å². The van der Waals surface area contributed by atoms with Gasteiger partial charge < -0.3 is 9.88 Å². The van der Waals surface area contributed by atoms with Gasteiger partial charge in [-0.2, -0.15) is 5.10 Å². The standard InChI is InChI=1S/C21H19N5O/c27-21(23-19-13-16-9-6-12-26(16)24-19)20(15-7-2-1-3-8-15)25-14-22-17-10-4-5-11-18(17)25/h1-5,7-8,10-11,13-14,20H,6,9,12H2,(H,23,24,27). The summed E-state index contributed by atoms with van der Waals surface area (Å²) in [6.07, 6.45) is 3.86. The van der Waals surface area contributed by atoms with E-state index in [9.17, 15) is 4.79 Å². The highest BCUT2D eigenvalue weighted by molar-refractivity contribution is 5.96. The normalized spacial score (nSPS) is 14.2. The Balaban J connectivity index is 1.54. The SMILES string of the molecule is O=C(Nc1cc2n(n1)CCC2)C(c1ccccc1)n1cnc2ccccc21. The average molecular weight is 357 g/mol. The van der Waals surface area contributed by atoms with Crippen LogP contribution in [0.2, 0.25) is 0 Å². The summed E-state index contributed by atoms with van der Waals surface area (Å²) in [4.78, 5) is 17.7. The topological polar surface area (TPSA) is 64.7 Å². The van der Waals surface area contributed by atoms with E-state index in [1.165, 1.54) is 5.69 Å². The number of aromatic nitrogens is 4. The van der Waals surface area contributed by atoms with E-state index < -0.39 is 6.04 Å². The Kier molecular flexibility index (Phi) is 3.74. The summed E-state index contributed by atoms with van der Waals surface area (Å²) in [5.41, 5.74) is 3.88. The maximum absolute atomic E-state index is 13.3. The number of para-hydroxylation sites is 2. The molecule has 0 spiro atoms. The summed E-state index contributed by atoms with van der Waals surface area (Å²) in [5.74, 6) is 0.487. The quantitative estimate of drug-likeness (QED) is 0.609. The molecule has 1 amide bonds. The summed E-state index contributed by atoms with van der Waals surface area (Å²) < 4.78 is 3.89. The first-order valence-electron chi connectivity index (χ1n) is 9.14. The summed E-state index contributed by atoms with van der Waals surface area (Å²) in [5, 5.41) is 7.51. The summed E-state index contributed by atoms with van der Waals surface area (Å²) in [6.45, 7) is 0.916. The summed E-state index contributed by atoms with van der Waals surface area (Å²) >= 11 is 0. The van der Waals surface area contributed by atoms with Crippen molar-refractivity contribution in [3.63, 3.8) is 0 Å². The third-order valence-corrected chi connectivity index (χ3v) is 5.04. The highest BCUT2D eigenvalue weighted by Gasteiger charge is 2.25. The van der Waals surface area contributed by atoms with Gasteiger partial charge in [0.1, 0.15) is 6.04 Å². The van der Waals surface area contributed by atoms with Gasteiger partial charge in [0, 0.05) is 18.3 Å². The molecular formula is C21H19N5O. The van der Waals surface area contributed by atoms with Crippen LogP contribution in [0.4, 0.5) is 5.82 Å². The maximum atomic E-state index is 13.3. The van der Waals surface area contributed by atoms with Gasteiger partial charge in [0.25, 0.3) is 5.91 Å². The van der Waals surface area contributed by atoms with Crippen molar-refractivity contribution in [2.75, 3.05) is 5.32 Å². The minimum Gasteiger partial charge on any atom is -0.314 e. The molecule has 2 aromatic carbocycles. The second kappa shape index (κ2) is 6.39. The van der Waals surface area contributed by atoms with Crippen LogP contribution < -0.4 is 5.32 Å². The Labute approximate surface area is 156 Å². The van der Waals surface area contributed by atoms with Gasteiger partial charge in [-0.1, -0.05) is 42.5 Å². The molecule has 0 bridgehead atoms. The van der Waals surface area contributed by atoms with Crippen LogP contribution in [0.3, 0.4) is 0 Å². The lowest BCUT2D eigenvalue weighted by atomic mass is 10.1. The zero-order valence-electron chi connectivity index (χ0n) is 14.7. The molecule has 1 aliphatic rings. The lowest BCUT2D eigenvalue weighted by Crippen LogP contribution is -2.27. The van der Waals surface area contributed by atoms with Gasteiger partial charge in [0.15, 0.2) is 5.82 Å². The molecule has 0 fully saturated rings. The number of nitrogens with one attached hydrogen (secondary N) is 1. The van der Waals surface area contributed by atoms with Crippen molar-refractivity contribution < 1.29 is 4.79 Å². The van der Waals surface area contributed by atoms with E-state index in [4.69, 9.17) is 0 Å². The fraction of sp³-hybridized carbons (Fsp3) is 0.190. The second-order valence-electron chi connectivity index (χ2n) is 6.79. The summed E-state index contributed by atoms with van der Waals surface area (Å²) in [6, 6.07) is 19.1. The van der Waals surface area contributed by atoms with Gasteiger partial charge in [-0.05, 0) is 30.5 Å². The van der Waals surface area contributed by atoms with Gasteiger partial charge in [0.05, 0.1) is 17.4 Å². The Morgan fingerprint density at radius 3 is 2.74 bits per heavy atom. The lowest BCUT2D eigenvalue weighted by molar-refractivity contribution is -0.118. The van der Waals surface area contributed by atoms with Crippen molar-refractivity contribution >= 4 is 22.8 Å². The van der Waals surface area contributed by atoms with Crippen molar-refractivity contribution in [3.05, 3.63) is 78.2 Å². The highest BCUT2D eigenvalue weighted by atomic mass is 16.2. The van der Waals surface area contributed by atoms with E-state index in [1.807, 2.05) is 69.9 Å². The minimum absolute atomic E-state index is 0.124. The van der Waals surface area contributed by atoms with E-state index >= 15 is 0 Å². The molecule has 1 aliphatic heterocycles. The van der Waals surface area contributed by atoms with Crippen LogP contribution in [0.5, 0.6) is 0 Å². The number of carbonyl (C=O) groups excluding carboxylic acids is 1. The average Bonchev–Trinajstić information content (AvgIpc) is 3.38. The molecular weight excluding hydrogens is 338 g/mol. The minimum atomic E-state index is -0.518. The van der Waals surface area contributed by atoms with Crippen molar-refractivity contribution in [1.82, 2.24) is 19.3 Å². The van der Waals surface area contributed by atoms with Crippen molar-refractivity contribution in [2.24, 2.45) is 0 Å². The molecule has 2 aromatic heterocycles. The van der Waals surface area contributed by atoms with Crippen molar-refractivity contribution in [1.29, 1.82) is 0 Å². The molecule has 5 rings (SSSR count). The molecule has 6 nitrogen and oxygen atoms in total. The van der Waals surface area contributed by atoms with Crippen LogP contribution in [0.1, 0.15) is 23.7 Å².